The van der Waals surface area contributed by atoms with Crippen molar-refractivity contribution in [1.29, 1.82) is 0 Å². The average Bonchev–Trinajstić information content (AvgIpc) is 2.77. The third-order valence-corrected chi connectivity index (χ3v) is 7.32. The molecule has 1 aliphatic heterocycles. The first-order valence-electron chi connectivity index (χ1n) is 11.8. The lowest BCUT2D eigenvalue weighted by Gasteiger charge is -2.51. The maximum Gasteiger partial charge on any atom is 0.156 e. The molecule has 0 N–H and O–H groups in total. The minimum absolute atomic E-state index is 0.0178. The summed E-state index contributed by atoms with van der Waals surface area (Å²) >= 11 is 0. The van der Waals surface area contributed by atoms with Crippen LogP contribution in [0.4, 0.5) is 0 Å². The molecule has 4 rings (SSSR count). The number of likely N-dealkylation sites (tertiary alicyclic amines) is 1. The van der Waals surface area contributed by atoms with Crippen LogP contribution in [-0.4, -0.2) is 35.1 Å². The lowest BCUT2D eigenvalue weighted by atomic mass is 9.64. The number of benzene rings is 2. The largest absolute Gasteiger partial charge is 0.300 e. The molecule has 4 atom stereocenters. The van der Waals surface area contributed by atoms with Crippen LogP contribution in [0.2, 0.25) is 0 Å². The van der Waals surface area contributed by atoms with Gasteiger partial charge in [-0.25, -0.2) is 0 Å². The van der Waals surface area contributed by atoms with Crippen LogP contribution in [0.15, 0.2) is 72.3 Å². The molecule has 0 bridgehead atoms. The molecule has 0 radical (unpaired) electrons. The molecular formula is C29H35NO2. The first-order valence-corrected chi connectivity index (χ1v) is 11.8. The molecule has 3 nitrogen and oxygen atoms in total. The van der Waals surface area contributed by atoms with Crippen LogP contribution in [-0.2, 0) is 9.59 Å². The Labute approximate surface area is 192 Å². The third kappa shape index (κ3) is 4.78. The Morgan fingerprint density at radius 1 is 0.969 bits per heavy atom. The Hall–Kier alpha value is -2.52. The summed E-state index contributed by atoms with van der Waals surface area (Å²) in [6.45, 7) is 10.3. The molecule has 1 heterocycles. The first-order chi connectivity index (χ1) is 15.2. The van der Waals surface area contributed by atoms with Gasteiger partial charge in [-0.15, -0.1) is 0 Å². The van der Waals surface area contributed by atoms with Crippen molar-refractivity contribution >= 4 is 11.6 Å². The van der Waals surface area contributed by atoms with Gasteiger partial charge in [-0.05, 0) is 56.7 Å². The number of rotatable bonds is 5. The van der Waals surface area contributed by atoms with E-state index in [4.69, 9.17) is 0 Å². The highest BCUT2D eigenvalue weighted by Gasteiger charge is 2.45. The summed E-state index contributed by atoms with van der Waals surface area (Å²) in [5.41, 5.74) is 3.71. The van der Waals surface area contributed by atoms with E-state index in [2.05, 4.69) is 74.2 Å². The van der Waals surface area contributed by atoms with Crippen LogP contribution in [0, 0.1) is 11.8 Å². The fourth-order valence-corrected chi connectivity index (χ4v) is 5.67. The first kappa shape index (κ1) is 22.7. The van der Waals surface area contributed by atoms with Crippen LogP contribution in [0.25, 0.3) is 0 Å². The summed E-state index contributed by atoms with van der Waals surface area (Å²) in [6.07, 6.45) is 3.00. The van der Waals surface area contributed by atoms with Crippen LogP contribution in [0.3, 0.4) is 0 Å². The number of piperidine rings is 1. The van der Waals surface area contributed by atoms with Gasteiger partial charge in [-0.1, -0.05) is 66.2 Å². The van der Waals surface area contributed by atoms with Crippen molar-refractivity contribution in [3.8, 4) is 0 Å². The zero-order valence-electron chi connectivity index (χ0n) is 19.8. The summed E-state index contributed by atoms with van der Waals surface area (Å²) in [5, 5.41) is 0. The molecule has 1 aliphatic carbocycles. The lowest BCUT2D eigenvalue weighted by Crippen LogP contribution is -2.54. The summed E-state index contributed by atoms with van der Waals surface area (Å²) in [4.78, 5) is 27.9. The molecule has 3 heteroatoms. The maximum absolute atomic E-state index is 13.0. The van der Waals surface area contributed by atoms with Gasteiger partial charge in [0.1, 0.15) is 5.78 Å². The second-order valence-corrected chi connectivity index (χ2v) is 10.5. The Bertz CT molecular complexity index is 987. The smallest absolute Gasteiger partial charge is 0.156 e. The number of hydrogen-bond donors (Lipinski definition) is 0. The molecule has 2 aromatic rings. The minimum atomic E-state index is 0.0178. The normalized spacial score (nSPS) is 25.1. The summed E-state index contributed by atoms with van der Waals surface area (Å²) in [6, 6.07) is 20.9. The molecule has 168 valence electrons. The van der Waals surface area contributed by atoms with Crippen molar-refractivity contribution in [2.75, 3.05) is 13.1 Å². The highest BCUT2D eigenvalue weighted by molar-refractivity contribution is 5.92. The summed E-state index contributed by atoms with van der Waals surface area (Å²) in [5.74, 6) is 1.11. The molecule has 0 spiro atoms. The number of nitrogens with zero attached hydrogens (tertiary/aromatic N) is 1. The van der Waals surface area contributed by atoms with Crippen LogP contribution < -0.4 is 0 Å². The van der Waals surface area contributed by atoms with Gasteiger partial charge in [0.15, 0.2) is 5.78 Å². The van der Waals surface area contributed by atoms with Gasteiger partial charge in [0.2, 0.25) is 0 Å². The van der Waals surface area contributed by atoms with E-state index in [-0.39, 0.29) is 40.8 Å². The van der Waals surface area contributed by atoms with E-state index in [9.17, 15) is 9.59 Å². The van der Waals surface area contributed by atoms with Gasteiger partial charge in [-0.3, -0.25) is 9.69 Å². The third-order valence-electron chi connectivity index (χ3n) is 7.32. The second-order valence-electron chi connectivity index (χ2n) is 10.5. The Morgan fingerprint density at radius 3 is 2.19 bits per heavy atom. The van der Waals surface area contributed by atoms with Crippen LogP contribution in [0.1, 0.15) is 63.5 Å². The number of ketones is 2. The van der Waals surface area contributed by atoms with E-state index in [1.165, 1.54) is 16.7 Å². The SMILES string of the molecule is CC(=O)CC(c1ccccc1)C1CN(C(C)(C)C)CC2C1=CC(=O)CC2c1ccccc1. The number of carbonyl (C=O) groups excluding carboxylic acids is 2. The van der Waals surface area contributed by atoms with Gasteiger partial charge in [0, 0.05) is 43.3 Å². The fraction of sp³-hybridized carbons (Fsp3) is 0.448. The van der Waals surface area contributed by atoms with Crippen LogP contribution >= 0.6 is 0 Å². The predicted octanol–water partition coefficient (Wildman–Crippen LogP) is 5.78. The molecular weight excluding hydrogens is 394 g/mol. The van der Waals surface area contributed by atoms with Crippen molar-refractivity contribution in [3.05, 3.63) is 83.4 Å². The second kappa shape index (κ2) is 9.15. The number of allylic oxidation sites excluding steroid dienone is 1. The van der Waals surface area contributed by atoms with E-state index >= 15 is 0 Å². The molecule has 4 unspecified atom stereocenters. The molecule has 1 saturated heterocycles. The zero-order valence-corrected chi connectivity index (χ0v) is 19.8. The summed E-state index contributed by atoms with van der Waals surface area (Å²) in [7, 11) is 0. The summed E-state index contributed by atoms with van der Waals surface area (Å²) < 4.78 is 0. The van der Waals surface area contributed by atoms with E-state index in [0.29, 0.717) is 12.8 Å². The van der Waals surface area contributed by atoms with E-state index < -0.39 is 0 Å². The monoisotopic (exact) mass is 429 g/mol. The van der Waals surface area contributed by atoms with E-state index in [1.807, 2.05) is 18.2 Å². The Kier molecular flexibility index (Phi) is 6.48. The van der Waals surface area contributed by atoms with Crippen LogP contribution in [0.5, 0.6) is 0 Å². The number of fused-ring (bicyclic) bond motifs is 1. The maximum atomic E-state index is 13.0. The quantitative estimate of drug-likeness (QED) is 0.605. The van der Waals surface area contributed by atoms with Gasteiger partial charge in [-0.2, -0.15) is 0 Å². The fourth-order valence-electron chi connectivity index (χ4n) is 5.67. The number of hydrogen-bond acceptors (Lipinski definition) is 3. The van der Waals surface area contributed by atoms with Crippen molar-refractivity contribution in [2.24, 2.45) is 11.8 Å². The van der Waals surface area contributed by atoms with Gasteiger partial charge in [0.05, 0.1) is 0 Å². The van der Waals surface area contributed by atoms with E-state index in [0.717, 1.165) is 13.1 Å². The molecule has 0 saturated carbocycles. The molecule has 32 heavy (non-hydrogen) atoms. The minimum Gasteiger partial charge on any atom is -0.300 e. The highest BCUT2D eigenvalue weighted by atomic mass is 16.1. The average molecular weight is 430 g/mol. The zero-order chi connectivity index (χ0) is 22.9. The highest BCUT2D eigenvalue weighted by Crippen LogP contribution is 2.49. The van der Waals surface area contributed by atoms with Crippen molar-refractivity contribution in [3.63, 3.8) is 0 Å². The lowest BCUT2D eigenvalue weighted by molar-refractivity contribution is -0.117. The molecule has 0 amide bonds. The van der Waals surface area contributed by atoms with Crippen molar-refractivity contribution in [1.82, 2.24) is 4.90 Å². The van der Waals surface area contributed by atoms with E-state index in [1.54, 1.807) is 6.92 Å². The van der Waals surface area contributed by atoms with Gasteiger partial charge < -0.3 is 4.79 Å². The van der Waals surface area contributed by atoms with Gasteiger partial charge in [0.25, 0.3) is 0 Å². The standard InChI is InChI=1S/C29H35NO2/c1-20(31)15-24(21-11-7-5-8-12-21)27-18-30(29(2,3)4)19-28-25(16-23(32)17-26(27)28)22-13-9-6-10-14-22/h5-14,17,24-25,27-28H,15-16,18-19H2,1-4H3. The van der Waals surface area contributed by atoms with Crippen molar-refractivity contribution in [2.45, 2.75) is 57.9 Å². The number of carbonyl (C=O) groups is 2. The Morgan fingerprint density at radius 2 is 1.59 bits per heavy atom. The molecule has 2 aromatic carbocycles. The Balaban J connectivity index is 1.81. The predicted molar refractivity (Wildman–Crippen MR) is 130 cm³/mol. The topological polar surface area (TPSA) is 37.4 Å². The van der Waals surface area contributed by atoms with Crippen molar-refractivity contribution < 1.29 is 9.59 Å². The van der Waals surface area contributed by atoms with Gasteiger partial charge >= 0.3 is 0 Å². The number of Topliss-reactive ketones (excluding diaryl/α,β-unsaturated/α-hetero) is 1. The molecule has 0 aromatic heterocycles. The molecule has 2 aliphatic rings. The molecule has 1 fully saturated rings.